The SMILES string of the molecule is Cc1ccc(Nc2ccc3c(CN(C)C(=O)OC(C)(C)C)cn(S(=O)(=O)c4ccccc4)c3c2)c(F)c1. The molecular weight excluding hydrogens is 493 g/mol. The van der Waals surface area contributed by atoms with E-state index in [0.29, 0.717) is 22.2 Å². The van der Waals surface area contributed by atoms with E-state index in [-0.39, 0.29) is 17.1 Å². The molecule has 194 valence electrons. The normalized spacial score (nSPS) is 11.9. The van der Waals surface area contributed by atoms with Gasteiger partial charge in [-0.15, -0.1) is 0 Å². The Balaban J connectivity index is 1.79. The predicted molar refractivity (Wildman–Crippen MR) is 143 cm³/mol. The summed E-state index contributed by atoms with van der Waals surface area (Å²) < 4.78 is 48.3. The minimum absolute atomic E-state index is 0.127. The molecule has 4 rings (SSSR count). The van der Waals surface area contributed by atoms with Crippen molar-refractivity contribution in [3.63, 3.8) is 0 Å². The molecule has 4 aromatic rings. The second-order valence-electron chi connectivity index (χ2n) is 9.94. The molecule has 0 unspecified atom stereocenters. The highest BCUT2D eigenvalue weighted by molar-refractivity contribution is 7.90. The minimum Gasteiger partial charge on any atom is -0.444 e. The van der Waals surface area contributed by atoms with Gasteiger partial charge in [-0.25, -0.2) is 21.6 Å². The number of aromatic nitrogens is 1. The smallest absolute Gasteiger partial charge is 0.410 e. The second-order valence-corrected chi connectivity index (χ2v) is 11.8. The summed E-state index contributed by atoms with van der Waals surface area (Å²) in [6, 6.07) is 18.1. The fraction of sp³-hybridized carbons (Fsp3) is 0.250. The van der Waals surface area contributed by atoms with Gasteiger partial charge in [0, 0.05) is 24.3 Å². The molecule has 1 amide bonds. The van der Waals surface area contributed by atoms with Crippen molar-refractivity contribution in [1.82, 2.24) is 8.87 Å². The van der Waals surface area contributed by atoms with Gasteiger partial charge in [-0.3, -0.25) is 0 Å². The zero-order chi connectivity index (χ0) is 27.0. The van der Waals surface area contributed by atoms with E-state index in [1.165, 1.54) is 33.3 Å². The lowest BCUT2D eigenvalue weighted by Crippen LogP contribution is -2.33. The number of fused-ring (bicyclic) bond motifs is 1. The van der Waals surface area contributed by atoms with Crippen molar-refractivity contribution >= 4 is 38.4 Å². The second kappa shape index (κ2) is 9.89. The molecule has 9 heteroatoms. The van der Waals surface area contributed by atoms with E-state index < -0.39 is 27.5 Å². The molecule has 0 fully saturated rings. The van der Waals surface area contributed by atoms with Crippen molar-refractivity contribution in [3.05, 3.63) is 89.9 Å². The van der Waals surface area contributed by atoms with Crippen LogP contribution in [0.2, 0.25) is 0 Å². The lowest BCUT2D eigenvalue weighted by atomic mass is 10.1. The lowest BCUT2D eigenvalue weighted by Gasteiger charge is -2.24. The molecular formula is C28H30FN3O4S. The van der Waals surface area contributed by atoms with Gasteiger partial charge in [0.15, 0.2) is 0 Å². The van der Waals surface area contributed by atoms with Crippen LogP contribution in [0, 0.1) is 12.7 Å². The Hall–Kier alpha value is -3.85. The summed E-state index contributed by atoms with van der Waals surface area (Å²) in [6.45, 7) is 7.27. The molecule has 0 aliphatic heterocycles. The summed E-state index contributed by atoms with van der Waals surface area (Å²) in [5.41, 5.74) is 1.94. The number of amides is 1. The molecule has 7 nitrogen and oxygen atoms in total. The number of aryl methyl sites for hydroxylation is 1. The summed E-state index contributed by atoms with van der Waals surface area (Å²) >= 11 is 0. The third-order valence-corrected chi connectivity index (χ3v) is 7.36. The molecule has 0 saturated heterocycles. The number of ether oxygens (including phenoxy) is 1. The summed E-state index contributed by atoms with van der Waals surface area (Å²) in [5, 5.41) is 3.68. The molecule has 0 aliphatic carbocycles. The Morgan fingerprint density at radius 3 is 2.41 bits per heavy atom. The maximum Gasteiger partial charge on any atom is 0.410 e. The van der Waals surface area contributed by atoms with E-state index in [2.05, 4.69) is 5.32 Å². The Kier molecular flexibility index (Phi) is 7.01. The number of carbonyl (C=O) groups is 1. The zero-order valence-corrected chi connectivity index (χ0v) is 22.3. The number of anilines is 2. The highest BCUT2D eigenvalue weighted by atomic mass is 32.2. The largest absolute Gasteiger partial charge is 0.444 e. The van der Waals surface area contributed by atoms with Crippen molar-refractivity contribution < 1.29 is 22.3 Å². The first-order valence-corrected chi connectivity index (χ1v) is 13.2. The van der Waals surface area contributed by atoms with E-state index in [1.807, 2.05) is 0 Å². The van der Waals surface area contributed by atoms with Crippen LogP contribution in [-0.2, 0) is 21.3 Å². The monoisotopic (exact) mass is 523 g/mol. The molecule has 37 heavy (non-hydrogen) atoms. The van der Waals surface area contributed by atoms with Crippen LogP contribution in [0.3, 0.4) is 0 Å². The highest BCUT2D eigenvalue weighted by Crippen LogP contribution is 2.31. The van der Waals surface area contributed by atoms with E-state index in [9.17, 15) is 17.6 Å². The van der Waals surface area contributed by atoms with Crippen LogP contribution in [0.25, 0.3) is 10.9 Å². The number of halogens is 1. The number of hydrogen-bond donors (Lipinski definition) is 1. The fourth-order valence-corrected chi connectivity index (χ4v) is 5.32. The average molecular weight is 524 g/mol. The number of carbonyl (C=O) groups excluding carboxylic acids is 1. The van der Waals surface area contributed by atoms with Crippen LogP contribution in [-0.4, -0.2) is 36.0 Å². The quantitative estimate of drug-likeness (QED) is 0.315. The van der Waals surface area contributed by atoms with Gasteiger partial charge >= 0.3 is 6.09 Å². The molecule has 0 radical (unpaired) electrons. The predicted octanol–water partition coefficient (Wildman–Crippen LogP) is 6.44. The van der Waals surface area contributed by atoms with Gasteiger partial charge in [-0.1, -0.05) is 30.3 Å². The number of hydrogen-bond acceptors (Lipinski definition) is 5. The van der Waals surface area contributed by atoms with Crippen LogP contribution >= 0.6 is 0 Å². The Labute approximate surface area is 216 Å². The zero-order valence-electron chi connectivity index (χ0n) is 21.4. The van der Waals surface area contributed by atoms with Crippen molar-refractivity contribution in [2.45, 2.75) is 44.7 Å². The first-order valence-electron chi connectivity index (χ1n) is 11.8. The van der Waals surface area contributed by atoms with E-state index in [4.69, 9.17) is 4.74 Å². The average Bonchev–Trinajstić information content (AvgIpc) is 3.18. The van der Waals surface area contributed by atoms with Crippen LogP contribution < -0.4 is 5.32 Å². The molecule has 0 saturated carbocycles. The Morgan fingerprint density at radius 1 is 1.05 bits per heavy atom. The molecule has 1 aromatic heterocycles. The molecule has 0 bridgehead atoms. The van der Waals surface area contributed by atoms with E-state index in [0.717, 1.165) is 5.56 Å². The molecule has 1 N–H and O–H groups in total. The standard InChI is InChI=1S/C28H30FN3O4S/c1-19-11-14-25(24(29)15-19)30-21-12-13-23-20(17-31(5)27(33)36-28(2,3)4)18-32(26(23)16-21)37(34,35)22-9-7-6-8-10-22/h6-16,18,30H,17H2,1-5H3. The molecule has 1 heterocycles. The Morgan fingerprint density at radius 2 is 1.76 bits per heavy atom. The number of nitrogens with one attached hydrogen (secondary N) is 1. The molecule has 3 aromatic carbocycles. The van der Waals surface area contributed by atoms with Gasteiger partial charge in [0.1, 0.15) is 11.4 Å². The number of nitrogens with zero attached hydrogens (tertiary/aromatic N) is 2. The third kappa shape index (κ3) is 5.77. The first-order chi connectivity index (χ1) is 17.3. The summed E-state index contributed by atoms with van der Waals surface area (Å²) in [4.78, 5) is 14.1. The third-order valence-electron chi connectivity index (χ3n) is 5.67. The van der Waals surface area contributed by atoms with Crippen molar-refractivity contribution in [1.29, 1.82) is 0 Å². The Bertz CT molecular complexity index is 1560. The van der Waals surface area contributed by atoms with Crippen LogP contribution in [0.5, 0.6) is 0 Å². The maximum absolute atomic E-state index is 14.5. The minimum atomic E-state index is -3.95. The van der Waals surface area contributed by atoms with Crippen molar-refractivity contribution in [3.8, 4) is 0 Å². The van der Waals surface area contributed by atoms with E-state index in [1.54, 1.807) is 83.3 Å². The lowest BCUT2D eigenvalue weighted by molar-refractivity contribution is 0.0286. The van der Waals surface area contributed by atoms with Gasteiger partial charge < -0.3 is 15.0 Å². The summed E-state index contributed by atoms with van der Waals surface area (Å²) in [5.74, 6) is -0.410. The van der Waals surface area contributed by atoms with Crippen LogP contribution in [0.4, 0.5) is 20.6 Å². The van der Waals surface area contributed by atoms with E-state index >= 15 is 0 Å². The van der Waals surface area contributed by atoms with Crippen molar-refractivity contribution in [2.24, 2.45) is 0 Å². The highest BCUT2D eigenvalue weighted by Gasteiger charge is 2.24. The van der Waals surface area contributed by atoms with Gasteiger partial charge in [0.05, 0.1) is 22.6 Å². The maximum atomic E-state index is 14.5. The summed E-state index contributed by atoms with van der Waals surface area (Å²) in [6.07, 6.45) is 0.997. The van der Waals surface area contributed by atoms with Gasteiger partial charge in [0.25, 0.3) is 10.0 Å². The fourth-order valence-electron chi connectivity index (χ4n) is 3.91. The van der Waals surface area contributed by atoms with Gasteiger partial charge in [-0.05, 0) is 75.2 Å². The molecule has 0 spiro atoms. The van der Waals surface area contributed by atoms with Crippen molar-refractivity contribution in [2.75, 3.05) is 12.4 Å². The molecule has 0 atom stereocenters. The molecule has 0 aliphatic rings. The first kappa shape index (κ1) is 26.2. The van der Waals surface area contributed by atoms with Crippen LogP contribution in [0.1, 0.15) is 31.9 Å². The number of rotatable bonds is 6. The van der Waals surface area contributed by atoms with Gasteiger partial charge in [0.2, 0.25) is 0 Å². The number of benzene rings is 3. The van der Waals surface area contributed by atoms with Crippen LogP contribution in [0.15, 0.2) is 77.8 Å². The topological polar surface area (TPSA) is 80.6 Å². The summed E-state index contributed by atoms with van der Waals surface area (Å²) in [7, 11) is -2.36. The van der Waals surface area contributed by atoms with Gasteiger partial charge in [-0.2, -0.15) is 0 Å².